The quantitative estimate of drug-likeness (QED) is 0.658. The zero-order valence-electron chi connectivity index (χ0n) is 15.7. The van der Waals surface area contributed by atoms with Crippen molar-refractivity contribution in [3.05, 3.63) is 59.1 Å². The predicted molar refractivity (Wildman–Crippen MR) is 107 cm³/mol. The van der Waals surface area contributed by atoms with Gasteiger partial charge in [-0.05, 0) is 35.9 Å². The van der Waals surface area contributed by atoms with E-state index in [2.05, 4.69) is 39.5 Å². The maximum atomic E-state index is 12.8. The van der Waals surface area contributed by atoms with Gasteiger partial charge in [-0.1, -0.05) is 46.8 Å². The van der Waals surface area contributed by atoms with E-state index >= 15 is 0 Å². The molecule has 2 aromatic carbocycles. The van der Waals surface area contributed by atoms with E-state index in [0.29, 0.717) is 29.1 Å². The van der Waals surface area contributed by atoms with E-state index in [0.717, 1.165) is 19.6 Å². The van der Waals surface area contributed by atoms with E-state index in [1.165, 1.54) is 10.4 Å². The molecular weight excluding hydrogens is 378 g/mol. The number of aromatic nitrogens is 3. The lowest BCUT2D eigenvalue weighted by Crippen LogP contribution is -2.52. The summed E-state index contributed by atoms with van der Waals surface area (Å²) >= 11 is 6.04. The summed E-state index contributed by atoms with van der Waals surface area (Å²) < 4.78 is 0. The van der Waals surface area contributed by atoms with Crippen LogP contribution in [0.15, 0.2) is 48.5 Å². The Balaban J connectivity index is 1.33. The summed E-state index contributed by atoms with van der Waals surface area (Å²) in [6, 6.07) is 15.6. The Bertz CT molecular complexity index is 954. The number of amides is 1. The number of hydrogen-bond donors (Lipinski definition) is 0. The number of rotatable bonds is 5. The second-order valence-corrected chi connectivity index (χ2v) is 7.37. The van der Waals surface area contributed by atoms with Crippen molar-refractivity contribution in [2.45, 2.75) is 19.6 Å². The van der Waals surface area contributed by atoms with Crippen molar-refractivity contribution in [2.75, 3.05) is 26.2 Å². The van der Waals surface area contributed by atoms with Gasteiger partial charge in [-0.15, -0.1) is 5.10 Å². The van der Waals surface area contributed by atoms with Crippen LogP contribution in [0.25, 0.3) is 11.0 Å². The molecule has 1 aromatic heterocycles. The summed E-state index contributed by atoms with van der Waals surface area (Å²) in [7, 11) is 0. The molecule has 0 N–H and O–H groups in total. The van der Waals surface area contributed by atoms with Gasteiger partial charge in [0.05, 0.1) is 0 Å². The summed E-state index contributed by atoms with van der Waals surface area (Å²) in [4.78, 5) is 24.0. The number of carbonyl (C=O) groups is 1. The van der Waals surface area contributed by atoms with Crippen LogP contribution in [0.3, 0.4) is 0 Å². The van der Waals surface area contributed by atoms with Gasteiger partial charge >= 0.3 is 0 Å². The maximum Gasteiger partial charge on any atom is 0.266 e. The molecule has 2 heterocycles. The van der Waals surface area contributed by atoms with Crippen LogP contribution < -0.4 is 4.84 Å². The van der Waals surface area contributed by atoms with Crippen LogP contribution in [0, 0.1) is 0 Å². The smallest absolute Gasteiger partial charge is 0.266 e. The number of hydrogen-bond acceptors (Lipinski definition) is 5. The third-order valence-corrected chi connectivity index (χ3v) is 5.15. The van der Waals surface area contributed by atoms with Crippen LogP contribution in [0.2, 0.25) is 5.02 Å². The van der Waals surface area contributed by atoms with E-state index in [9.17, 15) is 4.79 Å². The van der Waals surface area contributed by atoms with Crippen molar-refractivity contribution in [3.63, 3.8) is 0 Å². The fourth-order valence-electron chi connectivity index (χ4n) is 3.37. The highest BCUT2D eigenvalue weighted by Crippen LogP contribution is 2.17. The van der Waals surface area contributed by atoms with E-state index in [-0.39, 0.29) is 5.91 Å². The zero-order chi connectivity index (χ0) is 19.5. The van der Waals surface area contributed by atoms with Crippen LogP contribution in [0.5, 0.6) is 0 Å². The summed E-state index contributed by atoms with van der Waals surface area (Å²) in [5.74, 6) is -0.0509. The van der Waals surface area contributed by atoms with Gasteiger partial charge in [-0.25, -0.2) is 0 Å². The molecule has 0 radical (unpaired) electrons. The van der Waals surface area contributed by atoms with Crippen LogP contribution in [-0.2, 0) is 11.3 Å². The van der Waals surface area contributed by atoms with Crippen LogP contribution in [0.4, 0.5) is 0 Å². The van der Waals surface area contributed by atoms with Crippen LogP contribution >= 0.6 is 11.6 Å². The average molecular weight is 400 g/mol. The first-order valence-corrected chi connectivity index (χ1v) is 9.71. The minimum atomic E-state index is -0.662. The lowest BCUT2D eigenvalue weighted by atomic mass is 10.2. The molecule has 1 amide bonds. The molecule has 0 bridgehead atoms. The van der Waals surface area contributed by atoms with Gasteiger partial charge < -0.3 is 9.74 Å². The largest absolute Gasteiger partial charge is 0.382 e. The van der Waals surface area contributed by atoms with Crippen LogP contribution in [-0.4, -0.2) is 63.1 Å². The Morgan fingerprint density at radius 1 is 1.14 bits per heavy atom. The van der Waals surface area contributed by atoms with Crippen molar-refractivity contribution in [1.29, 1.82) is 0 Å². The lowest BCUT2D eigenvalue weighted by Gasteiger charge is -2.35. The molecule has 28 heavy (non-hydrogen) atoms. The number of benzene rings is 2. The molecule has 1 saturated heterocycles. The lowest BCUT2D eigenvalue weighted by molar-refractivity contribution is -0.145. The number of fused-ring (bicyclic) bond motifs is 1. The third kappa shape index (κ3) is 4.10. The van der Waals surface area contributed by atoms with E-state index < -0.39 is 6.10 Å². The molecule has 7 nitrogen and oxygen atoms in total. The first-order chi connectivity index (χ1) is 13.6. The van der Waals surface area contributed by atoms with Crippen molar-refractivity contribution >= 4 is 28.5 Å². The number of piperazine rings is 1. The molecule has 4 rings (SSSR count). The molecule has 1 fully saturated rings. The molecule has 1 aliphatic heterocycles. The molecule has 3 aromatic rings. The van der Waals surface area contributed by atoms with E-state index in [4.69, 9.17) is 16.4 Å². The second kappa shape index (κ2) is 8.16. The highest BCUT2D eigenvalue weighted by Gasteiger charge is 2.27. The molecule has 0 aliphatic carbocycles. The minimum Gasteiger partial charge on any atom is -0.382 e. The van der Waals surface area contributed by atoms with Crippen molar-refractivity contribution < 1.29 is 9.63 Å². The molecule has 1 atom stereocenters. The first-order valence-electron chi connectivity index (χ1n) is 9.33. The van der Waals surface area contributed by atoms with Crippen molar-refractivity contribution in [1.82, 2.24) is 25.0 Å². The monoisotopic (exact) mass is 399 g/mol. The number of carbonyl (C=O) groups excluding carboxylic acids is 1. The highest BCUT2D eigenvalue weighted by molar-refractivity contribution is 6.31. The summed E-state index contributed by atoms with van der Waals surface area (Å²) in [5.41, 5.74) is 2.59. The third-order valence-electron chi connectivity index (χ3n) is 4.92. The summed E-state index contributed by atoms with van der Waals surface area (Å²) in [5, 5.41) is 8.57. The first kappa shape index (κ1) is 18.7. The SMILES string of the molecule is CC(On1nnc2ccc(Cl)cc21)C(=O)N1CCN(Cc2ccccc2)CC1. The number of nitrogens with zero attached hydrogens (tertiary/aromatic N) is 5. The van der Waals surface area contributed by atoms with Crippen LogP contribution in [0.1, 0.15) is 12.5 Å². The number of halogens is 1. The maximum absolute atomic E-state index is 12.8. The Labute approximate surface area is 168 Å². The van der Waals surface area contributed by atoms with Crippen molar-refractivity contribution in [2.24, 2.45) is 0 Å². The normalized spacial score (nSPS) is 16.3. The summed E-state index contributed by atoms with van der Waals surface area (Å²) in [6.45, 7) is 5.69. The standard InChI is InChI=1S/C20H22ClN5O2/c1-15(28-26-19-13-17(21)7-8-18(19)22-23-26)20(27)25-11-9-24(10-12-25)14-16-5-3-2-4-6-16/h2-8,13,15H,9-12,14H2,1H3. The van der Waals surface area contributed by atoms with Gasteiger partial charge in [0.1, 0.15) is 11.0 Å². The fraction of sp³-hybridized carbons (Fsp3) is 0.350. The average Bonchev–Trinajstić information content (AvgIpc) is 3.10. The Morgan fingerprint density at radius 3 is 2.64 bits per heavy atom. The Hall–Kier alpha value is -2.64. The molecular formula is C20H22ClN5O2. The topological polar surface area (TPSA) is 63.5 Å². The van der Waals surface area contributed by atoms with Gasteiger partial charge in [0.2, 0.25) is 6.10 Å². The Kier molecular flexibility index (Phi) is 5.45. The molecule has 0 saturated carbocycles. The fourth-order valence-corrected chi connectivity index (χ4v) is 3.54. The molecule has 8 heteroatoms. The second-order valence-electron chi connectivity index (χ2n) is 6.93. The zero-order valence-corrected chi connectivity index (χ0v) is 16.4. The highest BCUT2D eigenvalue weighted by atomic mass is 35.5. The van der Waals surface area contributed by atoms with Gasteiger partial charge in [-0.3, -0.25) is 9.69 Å². The summed E-state index contributed by atoms with van der Waals surface area (Å²) in [6.07, 6.45) is -0.662. The van der Waals surface area contributed by atoms with Crippen molar-refractivity contribution in [3.8, 4) is 0 Å². The molecule has 1 aliphatic rings. The Morgan fingerprint density at radius 2 is 1.89 bits per heavy atom. The molecule has 1 unspecified atom stereocenters. The molecule has 146 valence electrons. The predicted octanol–water partition coefficient (Wildman–Crippen LogP) is 2.25. The van der Waals surface area contributed by atoms with E-state index in [1.807, 2.05) is 11.0 Å². The van der Waals surface area contributed by atoms with Gasteiger partial charge in [0.15, 0.2) is 0 Å². The minimum absolute atomic E-state index is 0.0509. The van der Waals surface area contributed by atoms with E-state index in [1.54, 1.807) is 25.1 Å². The van der Waals surface area contributed by atoms with Gasteiger partial charge in [0, 0.05) is 37.7 Å². The van der Waals surface area contributed by atoms with Gasteiger partial charge in [-0.2, -0.15) is 0 Å². The van der Waals surface area contributed by atoms with Gasteiger partial charge in [0.25, 0.3) is 5.91 Å². The molecule has 0 spiro atoms.